The number of hydrogen-bond acceptors (Lipinski definition) is 4. The van der Waals surface area contributed by atoms with E-state index in [0.717, 1.165) is 32.1 Å². The lowest BCUT2D eigenvalue weighted by Crippen LogP contribution is -2.27. The van der Waals surface area contributed by atoms with Crippen molar-refractivity contribution in [3.8, 4) is 0 Å². The third-order valence-corrected chi connectivity index (χ3v) is 8.93. The zero-order chi connectivity index (χ0) is 34.9. The van der Waals surface area contributed by atoms with Crippen molar-refractivity contribution in [1.82, 2.24) is 0 Å². The van der Waals surface area contributed by atoms with Gasteiger partial charge in [0.1, 0.15) is 6.10 Å². The van der Waals surface area contributed by atoms with E-state index < -0.39 is 6.10 Å². The van der Waals surface area contributed by atoms with Crippen LogP contribution in [-0.2, 0) is 14.3 Å². The monoisotopic (exact) mass is 673 g/mol. The molecule has 4 nitrogen and oxygen atoms in total. The molecule has 0 fully saturated rings. The van der Waals surface area contributed by atoms with Gasteiger partial charge in [0.25, 0.3) is 0 Å². The number of unbranched alkanes of at least 4 members (excludes halogenated alkanes) is 22. The Balaban J connectivity index is 3.43. The van der Waals surface area contributed by atoms with Crippen molar-refractivity contribution >= 4 is 5.97 Å². The molecular formula is C44H80O4. The van der Waals surface area contributed by atoms with Gasteiger partial charge in [-0.3, -0.25) is 4.79 Å². The number of allylic oxidation sites excluding steroid dienone is 8. The van der Waals surface area contributed by atoms with Gasteiger partial charge in [0.2, 0.25) is 0 Å². The first-order valence-corrected chi connectivity index (χ1v) is 20.7. The van der Waals surface area contributed by atoms with E-state index >= 15 is 0 Å². The molecule has 0 aromatic heterocycles. The molecule has 0 bridgehead atoms. The second kappa shape index (κ2) is 41.5. The van der Waals surface area contributed by atoms with Crippen LogP contribution in [0, 0.1) is 0 Å². The first-order valence-electron chi connectivity index (χ1n) is 20.7. The Morgan fingerprint density at radius 1 is 0.521 bits per heavy atom. The van der Waals surface area contributed by atoms with Gasteiger partial charge in [-0.25, -0.2) is 0 Å². The Morgan fingerprint density at radius 3 is 1.29 bits per heavy atom. The molecule has 0 aliphatic heterocycles. The summed E-state index contributed by atoms with van der Waals surface area (Å²) in [5.74, 6) is -0.278. The zero-order valence-corrected chi connectivity index (χ0v) is 32.0. The molecule has 0 spiro atoms. The number of rotatable bonds is 38. The molecular weight excluding hydrogens is 592 g/mol. The maximum atomic E-state index is 12.1. The van der Waals surface area contributed by atoms with Gasteiger partial charge in [-0.1, -0.05) is 204 Å². The van der Waals surface area contributed by atoms with Crippen LogP contribution in [0.15, 0.2) is 48.6 Å². The Kier molecular flexibility index (Phi) is 40.1. The van der Waals surface area contributed by atoms with Crippen LogP contribution in [0.3, 0.4) is 0 Å². The largest absolute Gasteiger partial charge is 0.457 e. The van der Waals surface area contributed by atoms with Gasteiger partial charge in [-0.05, 0) is 38.5 Å². The molecule has 48 heavy (non-hydrogen) atoms. The third kappa shape index (κ3) is 38.8. The summed E-state index contributed by atoms with van der Waals surface area (Å²) in [6.07, 6.45) is 53.4. The summed E-state index contributed by atoms with van der Waals surface area (Å²) >= 11 is 0. The molecule has 0 saturated heterocycles. The molecule has 1 unspecified atom stereocenters. The number of hydrogen-bond donors (Lipinski definition) is 1. The number of carbonyl (C=O) groups is 1. The van der Waals surface area contributed by atoms with E-state index in [2.05, 4.69) is 56.4 Å². The average molecular weight is 673 g/mol. The highest BCUT2D eigenvalue weighted by Gasteiger charge is 2.13. The van der Waals surface area contributed by atoms with E-state index in [9.17, 15) is 9.90 Å². The van der Waals surface area contributed by atoms with Gasteiger partial charge in [-0.15, -0.1) is 0 Å². The maximum Gasteiger partial charge on any atom is 0.306 e. The summed E-state index contributed by atoms with van der Waals surface area (Å²) in [4.78, 5) is 12.1. The highest BCUT2D eigenvalue weighted by atomic mass is 16.6. The van der Waals surface area contributed by atoms with Gasteiger partial charge in [-0.2, -0.15) is 0 Å². The highest BCUT2D eigenvalue weighted by Crippen LogP contribution is 2.15. The predicted octanol–water partition coefficient (Wildman–Crippen LogP) is 13.5. The number of aliphatic hydroxyl groups excluding tert-OH is 1. The molecule has 0 radical (unpaired) electrons. The number of carbonyl (C=O) groups excluding carboxylic acids is 1. The SMILES string of the molecule is CC/C=C\C/C=C\C/C=C\C/C=C\CCC(=O)OC(CO)COCCCCCCCCCCCCCCCCCCCCCCCCC. The third-order valence-electron chi connectivity index (χ3n) is 8.93. The standard InChI is InChI=1S/C44H80O4/c1-3-5-7-9-11-13-15-17-18-19-20-21-22-23-24-25-26-28-30-32-34-36-38-40-47-42-43(41-45)48-44(46)39-37-35-33-31-29-27-16-14-12-10-8-6-4-2/h6,8,12,14,27,29,33,35,43,45H,3-5,7,9-11,13,15-26,28,30-32,34,36-42H2,1-2H3/b8-6-,14-12-,29-27-,35-33-. The van der Waals surface area contributed by atoms with Crippen molar-refractivity contribution in [2.75, 3.05) is 19.8 Å². The van der Waals surface area contributed by atoms with E-state index in [1.165, 1.54) is 141 Å². The second-order valence-corrected chi connectivity index (χ2v) is 13.7. The summed E-state index contributed by atoms with van der Waals surface area (Å²) in [6.45, 7) is 5.17. The fraction of sp³-hybridized carbons (Fsp3) is 0.795. The molecule has 1 atom stereocenters. The molecule has 4 heteroatoms. The van der Waals surface area contributed by atoms with Crippen molar-refractivity contribution in [3.05, 3.63) is 48.6 Å². The molecule has 0 rings (SSSR count). The van der Waals surface area contributed by atoms with Crippen LogP contribution in [0.25, 0.3) is 0 Å². The minimum absolute atomic E-state index is 0.199. The van der Waals surface area contributed by atoms with Gasteiger partial charge >= 0.3 is 5.97 Å². The second-order valence-electron chi connectivity index (χ2n) is 13.7. The smallest absolute Gasteiger partial charge is 0.306 e. The lowest BCUT2D eigenvalue weighted by Gasteiger charge is -2.15. The molecule has 1 N–H and O–H groups in total. The minimum Gasteiger partial charge on any atom is -0.457 e. The van der Waals surface area contributed by atoms with Crippen molar-refractivity contribution in [3.63, 3.8) is 0 Å². The van der Waals surface area contributed by atoms with E-state index in [4.69, 9.17) is 9.47 Å². The van der Waals surface area contributed by atoms with Gasteiger partial charge in [0.15, 0.2) is 0 Å². The van der Waals surface area contributed by atoms with Crippen molar-refractivity contribution < 1.29 is 19.4 Å². The van der Waals surface area contributed by atoms with E-state index in [1.807, 2.05) is 6.08 Å². The number of aliphatic hydroxyl groups is 1. The normalized spacial score (nSPS) is 12.8. The fourth-order valence-corrected chi connectivity index (χ4v) is 5.87. The molecule has 280 valence electrons. The quantitative estimate of drug-likeness (QED) is 0.0403. The molecule has 0 aromatic carbocycles. The van der Waals surface area contributed by atoms with Crippen LogP contribution in [0.4, 0.5) is 0 Å². The predicted molar refractivity (Wildman–Crippen MR) is 210 cm³/mol. The van der Waals surface area contributed by atoms with Crippen molar-refractivity contribution in [2.45, 2.75) is 206 Å². The van der Waals surface area contributed by atoms with Crippen LogP contribution in [-0.4, -0.2) is 37.0 Å². The average Bonchev–Trinajstić information content (AvgIpc) is 3.09. The topological polar surface area (TPSA) is 55.8 Å². The Labute approximate surface area is 299 Å². The lowest BCUT2D eigenvalue weighted by atomic mass is 10.0. The first-order chi connectivity index (χ1) is 23.7. The molecule has 0 heterocycles. The minimum atomic E-state index is -0.570. The van der Waals surface area contributed by atoms with Crippen LogP contribution < -0.4 is 0 Å². The zero-order valence-electron chi connectivity index (χ0n) is 32.0. The molecule has 0 aliphatic rings. The van der Waals surface area contributed by atoms with Crippen LogP contribution in [0.1, 0.15) is 200 Å². The Morgan fingerprint density at radius 2 is 0.896 bits per heavy atom. The molecule has 0 aromatic rings. The molecule has 0 saturated carbocycles. The fourth-order valence-electron chi connectivity index (χ4n) is 5.87. The van der Waals surface area contributed by atoms with Crippen LogP contribution >= 0.6 is 0 Å². The molecule has 0 aliphatic carbocycles. The number of esters is 1. The Bertz CT molecular complexity index is 753. The molecule has 0 amide bonds. The van der Waals surface area contributed by atoms with E-state index in [0.29, 0.717) is 19.4 Å². The summed E-state index contributed by atoms with van der Waals surface area (Å²) in [5, 5.41) is 9.56. The van der Waals surface area contributed by atoms with Gasteiger partial charge < -0.3 is 14.6 Å². The Hall–Kier alpha value is -1.65. The summed E-state index contributed by atoms with van der Waals surface area (Å²) in [5.41, 5.74) is 0. The lowest BCUT2D eigenvalue weighted by molar-refractivity contribution is -0.154. The van der Waals surface area contributed by atoms with Crippen molar-refractivity contribution in [1.29, 1.82) is 0 Å². The van der Waals surface area contributed by atoms with Gasteiger partial charge in [0, 0.05) is 13.0 Å². The van der Waals surface area contributed by atoms with Crippen LogP contribution in [0.2, 0.25) is 0 Å². The van der Waals surface area contributed by atoms with Gasteiger partial charge in [0.05, 0.1) is 13.2 Å². The maximum absolute atomic E-state index is 12.1. The summed E-state index contributed by atoms with van der Waals surface area (Å²) < 4.78 is 11.1. The highest BCUT2D eigenvalue weighted by molar-refractivity contribution is 5.69. The first kappa shape index (κ1) is 46.4. The number of ether oxygens (including phenoxy) is 2. The van der Waals surface area contributed by atoms with E-state index in [-0.39, 0.29) is 19.2 Å². The summed E-state index contributed by atoms with van der Waals surface area (Å²) in [6, 6.07) is 0. The van der Waals surface area contributed by atoms with E-state index in [1.54, 1.807) is 0 Å². The van der Waals surface area contributed by atoms with Crippen LogP contribution in [0.5, 0.6) is 0 Å². The summed E-state index contributed by atoms with van der Waals surface area (Å²) in [7, 11) is 0. The van der Waals surface area contributed by atoms with Crippen molar-refractivity contribution in [2.24, 2.45) is 0 Å².